The first-order chi connectivity index (χ1) is 7.77. The Hall–Kier alpha value is -1.64. The van der Waals surface area contributed by atoms with Crippen LogP contribution in [0, 0.1) is 17.8 Å². The van der Waals surface area contributed by atoms with E-state index in [1.165, 1.54) is 0 Å². The third-order valence-corrected chi connectivity index (χ3v) is 3.50. The lowest BCUT2D eigenvalue weighted by molar-refractivity contribution is -0.138. The van der Waals surface area contributed by atoms with E-state index in [1.807, 2.05) is 18.2 Å². The van der Waals surface area contributed by atoms with Crippen molar-refractivity contribution in [2.75, 3.05) is 0 Å². The number of para-hydroxylation sites is 1. The van der Waals surface area contributed by atoms with Gasteiger partial charge < -0.3 is 4.74 Å². The number of fused-ring (bicyclic) bond motifs is 1. The molecule has 2 aliphatic rings. The SMILES string of the molecule is O=C1CC[C@H]2[C@@H]1[C@@H]2C(=O)Oc1ccccc1. The van der Waals surface area contributed by atoms with E-state index >= 15 is 0 Å². The fraction of sp³-hybridized carbons (Fsp3) is 0.385. The Kier molecular flexibility index (Phi) is 2.06. The number of ketones is 1. The standard InChI is InChI=1S/C13H12O3/c14-10-7-6-9-11(10)12(9)13(15)16-8-4-2-1-3-5-8/h1-5,9,11-12H,6-7H2/t9-,11-,12+/m0/s1. The van der Waals surface area contributed by atoms with Crippen LogP contribution in [-0.4, -0.2) is 11.8 Å². The number of esters is 1. The lowest BCUT2D eigenvalue weighted by Crippen LogP contribution is -2.15. The van der Waals surface area contributed by atoms with Crippen molar-refractivity contribution in [2.24, 2.45) is 17.8 Å². The molecule has 0 saturated heterocycles. The van der Waals surface area contributed by atoms with Gasteiger partial charge in [-0.15, -0.1) is 0 Å². The Morgan fingerprint density at radius 1 is 1.25 bits per heavy atom. The molecule has 3 nitrogen and oxygen atoms in total. The van der Waals surface area contributed by atoms with Crippen LogP contribution in [-0.2, 0) is 9.59 Å². The highest BCUT2D eigenvalue weighted by Gasteiger charge is 2.62. The fourth-order valence-corrected chi connectivity index (χ4v) is 2.64. The number of hydrogen-bond donors (Lipinski definition) is 0. The maximum absolute atomic E-state index is 11.8. The monoisotopic (exact) mass is 216 g/mol. The summed E-state index contributed by atoms with van der Waals surface area (Å²) in [5.74, 6) is 0.626. The van der Waals surface area contributed by atoms with Crippen molar-refractivity contribution in [3.8, 4) is 5.75 Å². The molecule has 0 aliphatic heterocycles. The Labute approximate surface area is 93.4 Å². The third-order valence-electron chi connectivity index (χ3n) is 3.50. The molecule has 82 valence electrons. The predicted octanol–water partition coefficient (Wildman–Crippen LogP) is 1.82. The summed E-state index contributed by atoms with van der Waals surface area (Å²) < 4.78 is 5.23. The first kappa shape index (κ1) is 9.58. The topological polar surface area (TPSA) is 43.4 Å². The molecule has 1 aromatic rings. The molecule has 16 heavy (non-hydrogen) atoms. The molecule has 2 fully saturated rings. The Bertz CT molecular complexity index is 438. The minimum absolute atomic E-state index is 0.0313. The number of Topliss-reactive ketones (excluding diaryl/α,β-unsaturated/α-hetero) is 1. The maximum atomic E-state index is 11.8. The molecule has 0 spiro atoms. The summed E-state index contributed by atoms with van der Waals surface area (Å²) in [6.07, 6.45) is 1.50. The van der Waals surface area contributed by atoms with E-state index in [-0.39, 0.29) is 29.5 Å². The molecule has 0 bridgehead atoms. The van der Waals surface area contributed by atoms with E-state index in [2.05, 4.69) is 0 Å². The van der Waals surface area contributed by atoms with Crippen molar-refractivity contribution in [1.82, 2.24) is 0 Å². The first-order valence-corrected chi connectivity index (χ1v) is 5.57. The van der Waals surface area contributed by atoms with E-state index in [4.69, 9.17) is 4.74 Å². The summed E-state index contributed by atoms with van der Waals surface area (Å²) in [5.41, 5.74) is 0. The largest absolute Gasteiger partial charge is 0.426 e. The molecular formula is C13H12O3. The summed E-state index contributed by atoms with van der Waals surface area (Å²) in [6.45, 7) is 0. The minimum Gasteiger partial charge on any atom is -0.426 e. The molecule has 3 atom stereocenters. The Morgan fingerprint density at radius 2 is 2.00 bits per heavy atom. The van der Waals surface area contributed by atoms with Crippen LogP contribution < -0.4 is 4.74 Å². The number of hydrogen-bond acceptors (Lipinski definition) is 3. The fourth-order valence-electron chi connectivity index (χ4n) is 2.64. The number of ether oxygens (including phenoxy) is 1. The molecule has 3 heteroatoms. The Morgan fingerprint density at radius 3 is 2.62 bits per heavy atom. The van der Waals surface area contributed by atoms with Gasteiger partial charge in [0, 0.05) is 12.3 Å². The van der Waals surface area contributed by atoms with Gasteiger partial charge in [-0.05, 0) is 24.5 Å². The normalized spacial score (nSPS) is 31.0. The van der Waals surface area contributed by atoms with Crippen molar-refractivity contribution < 1.29 is 14.3 Å². The molecule has 0 amide bonds. The van der Waals surface area contributed by atoms with Crippen molar-refractivity contribution in [2.45, 2.75) is 12.8 Å². The summed E-state index contributed by atoms with van der Waals surface area (Å²) in [4.78, 5) is 23.1. The summed E-state index contributed by atoms with van der Waals surface area (Å²) in [7, 11) is 0. The summed E-state index contributed by atoms with van der Waals surface area (Å²) in [5, 5.41) is 0. The Balaban J connectivity index is 1.66. The molecule has 2 saturated carbocycles. The second-order valence-electron chi connectivity index (χ2n) is 4.45. The van der Waals surface area contributed by atoms with Crippen LogP contribution in [0.1, 0.15) is 12.8 Å². The molecule has 0 unspecified atom stereocenters. The van der Waals surface area contributed by atoms with E-state index in [1.54, 1.807) is 12.1 Å². The second-order valence-corrected chi connectivity index (χ2v) is 4.45. The first-order valence-electron chi connectivity index (χ1n) is 5.57. The number of rotatable bonds is 2. The van der Waals surface area contributed by atoms with E-state index < -0.39 is 0 Å². The lowest BCUT2D eigenvalue weighted by Gasteiger charge is -2.04. The van der Waals surface area contributed by atoms with Crippen molar-refractivity contribution in [3.63, 3.8) is 0 Å². The van der Waals surface area contributed by atoms with E-state index in [9.17, 15) is 9.59 Å². The minimum atomic E-state index is -0.241. The van der Waals surface area contributed by atoms with E-state index in [0.717, 1.165) is 6.42 Å². The van der Waals surface area contributed by atoms with Gasteiger partial charge in [0.2, 0.25) is 0 Å². The van der Waals surface area contributed by atoms with Gasteiger partial charge in [0.1, 0.15) is 11.5 Å². The lowest BCUT2D eigenvalue weighted by atomic mass is 10.1. The zero-order valence-corrected chi connectivity index (χ0v) is 8.76. The van der Waals surface area contributed by atoms with Gasteiger partial charge in [0.15, 0.2) is 0 Å². The molecule has 0 N–H and O–H groups in total. The molecule has 3 rings (SSSR count). The zero-order valence-electron chi connectivity index (χ0n) is 8.76. The van der Waals surface area contributed by atoms with Gasteiger partial charge in [-0.3, -0.25) is 9.59 Å². The van der Waals surface area contributed by atoms with Crippen LogP contribution in [0.25, 0.3) is 0 Å². The molecule has 2 aliphatic carbocycles. The van der Waals surface area contributed by atoms with Crippen LogP contribution >= 0.6 is 0 Å². The van der Waals surface area contributed by atoms with Crippen molar-refractivity contribution in [1.29, 1.82) is 0 Å². The average Bonchev–Trinajstić information content (AvgIpc) is 2.91. The second kappa shape index (κ2) is 3.44. The molecule has 0 heterocycles. The molecule has 0 aromatic heterocycles. The third kappa shape index (κ3) is 1.43. The van der Waals surface area contributed by atoms with Crippen LogP contribution in [0.4, 0.5) is 0 Å². The smallest absolute Gasteiger partial charge is 0.315 e. The predicted molar refractivity (Wildman–Crippen MR) is 56.8 cm³/mol. The summed E-state index contributed by atoms with van der Waals surface area (Å²) in [6, 6.07) is 9.01. The van der Waals surface area contributed by atoms with Crippen LogP contribution in [0.2, 0.25) is 0 Å². The van der Waals surface area contributed by atoms with Crippen molar-refractivity contribution >= 4 is 11.8 Å². The van der Waals surface area contributed by atoms with Crippen molar-refractivity contribution in [3.05, 3.63) is 30.3 Å². The van der Waals surface area contributed by atoms with Gasteiger partial charge in [-0.25, -0.2) is 0 Å². The highest BCUT2D eigenvalue weighted by atomic mass is 16.5. The number of carbonyl (C=O) groups excluding carboxylic acids is 2. The average molecular weight is 216 g/mol. The van der Waals surface area contributed by atoms with Gasteiger partial charge in [0.25, 0.3) is 0 Å². The molecule has 1 aromatic carbocycles. The van der Waals surface area contributed by atoms with Gasteiger partial charge in [-0.1, -0.05) is 18.2 Å². The maximum Gasteiger partial charge on any atom is 0.315 e. The quantitative estimate of drug-likeness (QED) is 0.559. The zero-order chi connectivity index (χ0) is 11.1. The highest BCUT2D eigenvalue weighted by molar-refractivity contribution is 5.95. The van der Waals surface area contributed by atoms with Gasteiger partial charge in [0.05, 0.1) is 5.92 Å². The van der Waals surface area contributed by atoms with Crippen LogP contribution in [0.15, 0.2) is 30.3 Å². The van der Waals surface area contributed by atoms with Gasteiger partial charge >= 0.3 is 5.97 Å². The molecule has 0 radical (unpaired) electrons. The van der Waals surface area contributed by atoms with Crippen LogP contribution in [0.5, 0.6) is 5.75 Å². The van der Waals surface area contributed by atoms with Gasteiger partial charge in [-0.2, -0.15) is 0 Å². The number of benzene rings is 1. The number of carbonyl (C=O) groups is 2. The van der Waals surface area contributed by atoms with Crippen LogP contribution in [0.3, 0.4) is 0 Å². The highest BCUT2D eigenvalue weighted by Crippen LogP contribution is 2.55. The summed E-state index contributed by atoms with van der Waals surface area (Å²) >= 11 is 0. The van der Waals surface area contributed by atoms with E-state index in [0.29, 0.717) is 12.2 Å². The molecular weight excluding hydrogens is 204 g/mol.